The predicted molar refractivity (Wildman–Crippen MR) is 275 cm³/mol. The molecule has 0 aromatic heterocycles. The molecule has 380 valence electrons. The first-order chi connectivity index (χ1) is 31.3. The molecule has 64 heavy (non-hydrogen) atoms. The Balaban J connectivity index is 4.30. The van der Waals surface area contributed by atoms with Crippen LogP contribution in [0.1, 0.15) is 324 Å². The summed E-state index contributed by atoms with van der Waals surface area (Å²) in [7, 11) is 0. The molecule has 0 bridgehead atoms. The van der Waals surface area contributed by atoms with Gasteiger partial charge < -0.3 is 14.2 Å². The fraction of sp³-hybridized carbons (Fsp3) is 0.948. The quantitative estimate of drug-likeness (QED) is 0.0344. The maximum atomic E-state index is 12.9. The van der Waals surface area contributed by atoms with Gasteiger partial charge in [-0.1, -0.05) is 285 Å². The van der Waals surface area contributed by atoms with Gasteiger partial charge in [-0.25, -0.2) is 0 Å². The Morgan fingerprint density at radius 2 is 0.594 bits per heavy atom. The van der Waals surface area contributed by atoms with E-state index in [-0.39, 0.29) is 31.1 Å². The van der Waals surface area contributed by atoms with Gasteiger partial charge in [0.2, 0.25) is 0 Å². The Labute approximate surface area is 399 Å². The molecule has 0 aliphatic carbocycles. The molecule has 0 radical (unpaired) electrons. The van der Waals surface area contributed by atoms with Crippen LogP contribution in [0, 0.1) is 11.8 Å². The van der Waals surface area contributed by atoms with Crippen LogP contribution in [-0.2, 0) is 28.6 Å². The summed E-state index contributed by atoms with van der Waals surface area (Å²) in [5.74, 6) is 0.878. The van der Waals surface area contributed by atoms with Gasteiger partial charge in [0.15, 0.2) is 6.10 Å². The largest absolute Gasteiger partial charge is 0.462 e. The molecule has 1 unspecified atom stereocenters. The average Bonchev–Trinajstić information content (AvgIpc) is 3.28. The molecule has 0 N–H and O–H groups in total. The summed E-state index contributed by atoms with van der Waals surface area (Å²) >= 11 is 0. The Kier molecular flexibility index (Phi) is 49.6. The van der Waals surface area contributed by atoms with Gasteiger partial charge in [0.25, 0.3) is 0 Å². The number of carbonyl (C=O) groups is 3. The zero-order valence-corrected chi connectivity index (χ0v) is 43.9. The molecule has 2 atom stereocenters. The highest BCUT2D eigenvalue weighted by Gasteiger charge is 2.19. The fourth-order valence-electron chi connectivity index (χ4n) is 8.84. The van der Waals surface area contributed by atoms with Crippen LogP contribution in [0.25, 0.3) is 0 Å². The first-order valence-electron chi connectivity index (χ1n) is 28.8. The molecule has 0 amide bonds. The molecule has 0 aromatic carbocycles. The van der Waals surface area contributed by atoms with Crippen LogP contribution in [-0.4, -0.2) is 37.2 Å². The standard InChI is InChI=1S/C58H112O6/c1-6-8-9-10-11-12-13-14-19-22-28-33-38-43-48-56(59)62-51-55(52-63-57(60)49-44-39-34-29-25-24-27-32-37-42-47-54(5)7-2)64-58(61)50-45-40-35-30-23-20-17-15-16-18-21-26-31-36-41-46-53(3)4/h53-55H,6-52H2,1-5H3/t54?,55-/m1/s1. The van der Waals surface area contributed by atoms with Gasteiger partial charge in [-0.05, 0) is 31.1 Å². The highest BCUT2D eigenvalue weighted by atomic mass is 16.6. The molecule has 0 fully saturated rings. The second kappa shape index (κ2) is 50.8. The lowest BCUT2D eigenvalue weighted by atomic mass is 9.99. The number of hydrogen-bond donors (Lipinski definition) is 0. The van der Waals surface area contributed by atoms with Crippen molar-refractivity contribution in [3.8, 4) is 0 Å². The first-order valence-corrected chi connectivity index (χ1v) is 28.8. The zero-order valence-electron chi connectivity index (χ0n) is 43.9. The maximum Gasteiger partial charge on any atom is 0.306 e. The predicted octanol–water partition coefficient (Wildman–Crippen LogP) is 18.9. The average molecular weight is 906 g/mol. The van der Waals surface area contributed by atoms with E-state index in [1.54, 1.807) is 0 Å². The van der Waals surface area contributed by atoms with E-state index in [1.165, 1.54) is 212 Å². The number of esters is 3. The van der Waals surface area contributed by atoms with Gasteiger partial charge in [-0.3, -0.25) is 14.4 Å². The van der Waals surface area contributed by atoms with Gasteiger partial charge in [0.05, 0.1) is 0 Å². The third-order valence-electron chi connectivity index (χ3n) is 13.6. The van der Waals surface area contributed by atoms with Gasteiger partial charge in [-0.15, -0.1) is 0 Å². The van der Waals surface area contributed by atoms with Crippen LogP contribution in [0.4, 0.5) is 0 Å². The Bertz CT molecular complexity index is 980. The molecule has 0 aliphatic rings. The minimum atomic E-state index is -0.762. The van der Waals surface area contributed by atoms with Crippen molar-refractivity contribution in [1.82, 2.24) is 0 Å². The second-order valence-electron chi connectivity index (χ2n) is 20.6. The number of unbranched alkanes of at least 4 members (excludes halogenated alkanes) is 36. The van der Waals surface area contributed by atoms with Crippen LogP contribution < -0.4 is 0 Å². The van der Waals surface area contributed by atoms with E-state index >= 15 is 0 Å². The van der Waals surface area contributed by atoms with E-state index in [1.807, 2.05) is 0 Å². The summed E-state index contributed by atoms with van der Waals surface area (Å²) in [5.41, 5.74) is 0. The van der Waals surface area contributed by atoms with Crippen LogP contribution in [0.2, 0.25) is 0 Å². The normalized spacial score (nSPS) is 12.5. The summed E-state index contributed by atoms with van der Waals surface area (Å²) < 4.78 is 16.9. The Morgan fingerprint density at radius 1 is 0.328 bits per heavy atom. The molecule has 6 nitrogen and oxygen atoms in total. The monoisotopic (exact) mass is 905 g/mol. The van der Waals surface area contributed by atoms with Gasteiger partial charge in [0, 0.05) is 19.3 Å². The van der Waals surface area contributed by atoms with E-state index in [9.17, 15) is 14.4 Å². The van der Waals surface area contributed by atoms with E-state index in [0.29, 0.717) is 19.3 Å². The van der Waals surface area contributed by atoms with Crippen molar-refractivity contribution in [3.63, 3.8) is 0 Å². The summed E-state index contributed by atoms with van der Waals surface area (Å²) in [5, 5.41) is 0. The third-order valence-corrected chi connectivity index (χ3v) is 13.6. The summed E-state index contributed by atoms with van der Waals surface area (Å²) in [4.78, 5) is 38.1. The highest BCUT2D eigenvalue weighted by Crippen LogP contribution is 2.18. The van der Waals surface area contributed by atoms with Crippen molar-refractivity contribution in [2.75, 3.05) is 13.2 Å². The Morgan fingerprint density at radius 3 is 0.891 bits per heavy atom. The number of hydrogen-bond acceptors (Lipinski definition) is 6. The topological polar surface area (TPSA) is 78.9 Å². The zero-order chi connectivity index (χ0) is 46.8. The van der Waals surface area contributed by atoms with Crippen molar-refractivity contribution in [3.05, 3.63) is 0 Å². The van der Waals surface area contributed by atoms with Crippen molar-refractivity contribution in [2.45, 2.75) is 330 Å². The molecule has 0 aliphatic heterocycles. The highest BCUT2D eigenvalue weighted by molar-refractivity contribution is 5.71. The minimum absolute atomic E-state index is 0.0627. The van der Waals surface area contributed by atoms with Crippen molar-refractivity contribution in [1.29, 1.82) is 0 Å². The van der Waals surface area contributed by atoms with Crippen molar-refractivity contribution >= 4 is 17.9 Å². The molecular weight excluding hydrogens is 793 g/mol. The molecule has 0 rings (SSSR count). The lowest BCUT2D eigenvalue weighted by Crippen LogP contribution is -2.30. The molecule has 6 heteroatoms. The second-order valence-corrected chi connectivity index (χ2v) is 20.6. The summed E-state index contributed by atoms with van der Waals surface area (Å²) in [6.07, 6.45) is 53.7. The molecule has 0 spiro atoms. The third kappa shape index (κ3) is 49.8. The molecular formula is C58H112O6. The number of rotatable bonds is 52. The Hall–Kier alpha value is -1.59. The SMILES string of the molecule is CCCCCCCCCCCCCCCCC(=O)OC[C@H](COC(=O)CCCCCCCCCCCCC(C)CC)OC(=O)CCCCCCCCCCCCCCCCCC(C)C. The molecule has 0 saturated carbocycles. The molecule has 0 saturated heterocycles. The summed E-state index contributed by atoms with van der Waals surface area (Å²) in [6, 6.07) is 0. The first kappa shape index (κ1) is 62.4. The van der Waals surface area contributed by atoms with Crippen molar-refractivity contribution < 1.29 is 28.6 Å². The minimum Gasteiger partial charge on any atom is -0.462 e. The molecule has 0 heterocycles. The van der Waals surface area contributed by atoms with Gasteiger partial charge >= 0.3 is 17.9 Å². The van der Waals surface area contributed by atoms with Crippen LogP contribution >= 0.6 is 0 Å². The van der Waals surface area contributed by atoms with E-state index < -0.39 is 6.10 Å². The lowest BCUT2D eigenvalue weighted by molar-refractivity contribution is -0.167. The van der Waals surface area contributed by atoms with E-state index in [4.69, 9.17) is 14.2 Å². The maximum absolute atomic E-state index is 12.9. The van der Waals surface area contributed by atoms with E-state index in [0.717, 1.165) is 69.6 Å². The van der Waals surface area contributed by atoms with Crippen LogP contribution in [0.5, 0.6) is 0 Å². The number of ether oxygens (including phenoxy) is 3. The van der Waals surface area contributed by atoms with Crippen LogP contribution in [0.15, 0.2) is 0 Å². The van der Waals surface area contributed by atoms with Crippen LogP contribution in [0.3, 0.4) is 0 Å². The van der Waals surface area contributed by atoms with E-state index in [2.05, 4.69) is 34.6 Å². The van der Waals surface area contributed by atoms with Crippen molar-refractivity contribution in [2.24, 2.45) is 11.8 Å². The number of carbonyl (C=O) groups excluding carboxylic acids is 3. The summed E-state index contributed by atoms with van der Waals surface area (Å²) in [6.45, 7) is 11.4. The smallest absolute Gasteiger partial charge is 0.306 e. The van der Waals surface area contributed by atoms with Gasteiger partial charge in [-0.2, -0.15) is 0 Å². The fourth-order valence-corrected chi connectivity index (χ4v) is 8.84. The van der Waals surface area contributed by atoms with Gasteiger partial charge in [0.1, 0.15) is 13.2 Å². The lowest BCUT2D eigenvalue weighted by Gasteiger charge is -2.18. The molecule has 0 aromatic rings.